The Labute approximate surface area is 118 Å². The zero-order valence-corrected chi connectivity index (χ0v) is 12.6. The van der Waals surface area contributed by atoms with Crippen LogP contribution in [0.25, 0.3) is 0 Å². The third-order valence-corrected chi connectivity index (χ3v) is 4.37. The Hall–Kier alpha value is -0.160. The van der Waals surface area contributed by atoms with Crippen LogP contribution in [0.1, 0.15) is 32.6 Å². The molecule has 2 aliphatic heterocycles. The number of piperidine rings is 1. The number of nitrogens with one attached hydrogen (secondary N) is 1. The third-order valence-electron chi connectivity index (χ3n) is 4.37. The lowest BCUT2D eigenvalue weighted by atomic mass is 9.99. The second-order valence-corrected chi connectivity index (χ2v) is 5.79. The molecule has 4 heteroatoms. The van der Waals surface area contributed by atoms with Crippen molar-refractivity contribution in [3.05, 3.63) is 0 Å². The number of rotatable bonds is 8. The Kier molecular flexibility index (Phi) is 7.14. The molecule has 2 fully saturated rings. The minimum absolute atomic E-state index is 0.839. The van der Waals surface area contributed by atoms with E-state index in [1.165, 1.54) is 52.0 Å². The van der Waals surface area contributed by atoms with Gasteiger partial charge in [-0.25, -0.2) is 0 Å². The van der Waals surface area contributed by atoms with Crippen molar-refractivity contribution in [2.45, 2.75) is 38.6 Å². The molecule has 0 spiro atoms. The molecular weight excluding hydrogens is 238 g/mol. The molecule has 2 aliphatic rings. The van der Waals surface area contributed by atoms with Crippen LogP contribution < -0.4 is 5.32 Å². The summed E-state index contributed by atoms with van der Waals surface area (Å²) in [5, 5.41) is 3.53. The van der Waals surface area contributed by atoms with Crippen molar-refractivity contribution < 1.29 is 4.74 Å². The van der Waals surface area contributed by atoms with E-state index in [0.717, 1.165) is 38.8 Å². The summed E-state index contributed by atoms with van der Waals surface area (Å²) in [5.74, 6) is 0. The van der Waals surface area contributed by atoms with Gasteiger partial charge in [0.05, 0.1) is 0 Å². The van der Waals surface area contributed by atoms with Gasteiger partial charge in [-0.2, -0.15) is 0 Å². The highest BCUT2D eigenvalue weighted by Gasteiger charge is 2.28. The molecule has 1 N–H and O–H groups in total. The summed E-state index contributed by atoms with van der Waals surface area (Å²) in [7, 11) is 0. The number of piperazine rings is 1. The molecule has 0 aliphatic carbocycles. The summed E-state index contributed by atoms with van der Waals surface area (Å²) in [6, 6.07) is 0.848. The molecule has 0 bridgehead atoms. The van der Waals surface area contributed by atoms with Crippen molar-refractivity contribution in [2.24, 2.45) is 0 Å². The van der Waals surface area contributed by atoms with Crippen LogP contribution in [0.5, 0.6) is 0 Å². The van der Waals surface area contributed by atoms with Crippen LogP contribution in [-0.2, 0) is 4.74 Å². The van der Waals surface area contributed by atoms with Gasteiger partial charge in [0.15, 0.2) is 0 Å². The van der Waals surface area contributed by atoms with Crippen molar-refractivity contribution >= 4 is 0 Å². The summed E-state index contributed by atoms with van der Waals surface area (Å²) in [6.45, 7) is 12.4. The Morgan fingerprint density at radius 3 is 3.00 bits per heavy atom. The van der Waals surface area contributed by atoms with Crippen molar-refractivity contribution in [1.29, 1.82) is 0 Å². The van der Waals surface area contributed by atoms with Gasteiger partial charge in [-0.15, -0.1) is 0 Å². The van der Waals surface area contributed by atoms with Crippen LogP contribution in [0.3, 0.4) is 0 Å². The Morgan fingerprint density at radius 2 is 2.11 bits per heavy atom. The Morgan fingerprint density at radius 1 is 1.16 bits per heavy atom. The van der Waals surface area contributed by atoms with Gasteiger partial charge in [0.1, 0.15) is 0 Å². The Bertz CT molecular complexity index is 237. The second-order valence-electron chi connectivity index (χ2n) is 5.79. The Balaban J connectivity index is 1.50. The largest absolute Gasteiger partial charge is 0.382 e. The zero-order chi connectivity index (χ0) is 13.3. The van der Waals surface area contributed by atoms with Gasteiger partial charge in [0.25, 0.3) is 0 Å². The van der Waals surface area contributed by atoms with Gasteiger partial charge in [-0.3, -0.25) is 9.80 Å². The van der Waals surface area contributed by atoms with E-state index in [1.807, 2.05) is 0 Å². The molecule has 1 atom stereocenters. The summed E-state index contributed by atoms with van der Waals surface area (Å²) >= 11 is 0. The monoisotopic (exact) mass is 269 g/mol. The van der Waals surface area contributed by atoms with Crippen LogP contribution in [0.15, 0.2) is 0 Å². The molecule has 19 heavy (non-hydrogen) atoms. The molecule has 2 saturated heterocycles. The van der Waals surface area contributed by atoms with Crippen LogP contribution in [0.2, 0.25) is 0 Å². The maximum Gasteiger partial charge on any atom is 0.0477 e. The first-order valence-electron chi connectivity index (χ1n) is 8.15. The summed E-state index contributed by atoms with van der Waals surface area (Å²) in [4.78, 5) is 5.34. The lowest BCUT2D eigenvalue weighted by Gasteiger charge is -2.44. The van der Waals surface area contributed by atoms with E-state index in [2.05, 4.69) is 22.0 Å². The van der Waals surface area contributed by atoms with Gasteiger partial charge in [-0.05, 0) is 39.3 Å². The summed E-state index contributed by atoms with van der Waals surface area (Å²) in [6.07, 6.45) is 5.39. The molecule has 0 aromatic rings. The predicted octanol–water partition coefficient (Wildman–Crippen LogP) is 1.17. The van der Waals surface area contributed by atoms with E-state index in [9.17, 15) is 0 Å². The number of nitrogens with zero attached hydrogens (tertiary/aromatic N) is 2. The number of ether oxygens (including phenoxy) is 1. The van der Waals surface area contributed by atoms with Crippen molar-refractivity contribution in [3.63, 3.8) is 0 Å². The van der Waals surface area contributed by atoms with Gasteiger partial charge in [-0.1, -0.05) is 6.42 Å². The van der Waals surface area contributed by atoms with E-state index >= 15 is 0 Å². The SMILES string of the molecule is CCOCCCNCCN1CCN2CCCCC2C1. The van der Waals surface area contributed by atoms with Crippen molar-refractivity contribution in [1.82, 2.24) is 15.1 Å². The lowest BCUT2D eigenvalue weighted by Crippen LogP contribution is -2.55. The molecule has 2 rings (SSSR count). The highest BCUT2D eigenvalue weighted by molar-refractivity contribution is 4.85. The van der Waals surface area contributed by atoms with Crippen LogP contribution in [-0.4, -0.2) is 74.9 Å². The van der Waals surface area contributed by atoms with Gasteiger partial charge < -0.3 is 10.1 Å². The highest BCUT2D eigenvalue weighted by Crippen LogP contribution is 2.20. The molecule has 4 nitrogen and oxygen atoms in total. The van der Waals surface area contributed by atoms with Gasteiger partial charge in [0, 0.05) is 52.0 Å². The first-order chi connectivity index (χ1) is 9.40. The molecular formula is C15H31N3O. The zero-order valence-electron chi connectivity index (χ0n) is 12.6. The fraction of sp³-hybridized carbons (Fsp3) is 1.00. The summed E-state index contributed by atoms with van der Waals surface area (Å²) in [5.41, 5.74) is 0. The van der Waals surface area contributed by atoms with Crippen molar-refractivity contribution in [2.75, 3.05) is 59.0 Å². The predicted molar refractivity (Wildman–Crippen MR) is 79.6 cm³/mol. The lowest BCUT2D eigenvalue weighted by molar-refractivity contribution is 0.0499. The van der Waals surface area contributed by atoms with Crippen molar-refractivity contribution in [3.8, 4) is 0 Å². The first kappa shape index (κ1) is 15.2. The molecule has 0 aromatic carbocycles. The number of fused-ring (bicyclic) bond motifs is 1. The topological polar surface area (TPSA) is 27.7 Å². The molecule has 0 amide bonds. The van der Waals surface area contributed by atoms with Crippen LogP contribution in [0.4, 0.5) is 0 Å². The smallest absolute Gasteiger partial charge is 0.0477 e. The van der Waals surface area contributed by atoms with Crippen LogP contribution in [0, 0.1) is 0 Å². The molecule has 0 saturated carbocycles. The van der Waals surface area contributed by atoms with E-state index in [4.69, 9.17) is 4.74 Å². The summed E-state index contributed by atoms with van der Waals surface area (Å²) < 4.78 is 5.33. The van der Waals surface area contributed by atoms with Gasteiger partial charge in [0.2, 0.25) is 0 Å². The molecule has 2 heterocycles. The standard InChI is InChI=1S/C15H31N3O/c1-2-19-13-5-7-16-8-10-17-11-12-18-9-4-3-6-15(18)14-17/h15-16H,2-14H2,1H3. The molecule has 1 unspecified atom stereocenters. The van der Waals surface area contributed by atoms with E-state index in [1.54, 1.807) is 0 Å². The first-order valence-corrected chi connectivity index (χ1v) is 8.15. The van der Waals surface area contributed by atoms with Crippen LogP contribution >= 0.6 is 0 Å². The molecule has 112 valence electrons. The minimum Gasteiger partial charge on any atom is -0.382 e. The van der Waals surface area contributed by atoms with E-state index in [-0.39, 0.29) is 0 Å². The molecule has 0 radical (unpaired) electrons. The van der Waals surface area contributed by atoms with Gasteiger partial charge >= 0.3 is 0 Å². The third kappa shape index (κ3) is 5.38. The maximum atomic E-state index is 5.33. The van der Waals surface area contributed by atoms with E-state index in [0.29, 0.717) is 0 Å². The maximum absolute atomic E-state index is 5.33. The van der Waals surface area contributed by atoms with E-state index < -0.39 is 0 Å². The number of hydrogen-bond donors (Lipinski definition) is 1. The fourth-order valence-corrected chi connectivity index (χ4v) is 3.23. The highest BCUT2D eigenvalue weighted by atomic mass is 16.5. The quantitative estimate of drug-likeness (QED) is 0.670. The fourth-order valence-electron chi connectivity index (χ4n) is 3.23. The molecule has 0 aromatic heterocycles. The minimum atomic E-state index is 0.839. The normalized spacial score (nSPS) is 25.4. The average Bonchev–Trinajstić information content (AvgIpc) is 2.46. The average molecular weight is 269 g/mol. The number of hydrogen-bond acceptors (Lipinski definition) is 4. The second kappa shape index (κ2) is 8.90.